The van der Waals surface area contributed by atoms with Crippen molar-refractivity contribution < 1.29 is 4.74 Å². The SMILES string of the molecule is CC(C)c1cccc(C(C)C)c1C1=CC2COCC(C1)N2. The van der Waals surface area contributed by atoms with Crippen molar-refractivity contribution in [3.8, 4) is 0 Å². The second kappa shape index (κ2) is 5.94. The number of morpholine rings is 1. The number of hydrogen-bond donors (Lipinski definition) is 1. The average Bonchev–Trinajstić information content (AvgIpc) is 2.45. The molecule has 2 aliphatic rings. The molecule has 1 aromatic rings. The van der Waals surface area contributed by atoms with Crippen molar-refractivity contribution >= 4 is 5.57 Å². The summed E-state index contributed by atoms with van der Waals surface area (Å²) in [5.74, 6) is 1.12. The zero-order valence-corrected chi connectivity index (χ0v) is 13.6. The van der Waals surface area contributed by atoms with Crippen LogP contribution in [0.3, 0.4) is 0 Å². The summed E-state index contributed by atoms with van der Waals surface area (Å²) in [6.45, 7) is 10.8. The molecule has 2 bridgehead atoms. The summed E-state index contributed by atoms with van der Waals surface area (Å²) >= 11 is 0. The van der Waals surface area contributed by atoms with Gasteiger partial charge in [-0.15, -0.1) is 0 Å². The minimum atomic E-state index is 0.382. The summed E-state index contributed by atoms with van der Waals surface area (Å²) in [6.07, 6.45) is 3.49. The van der Waals surface area contributed by atoms with Gasteiger partial charge in [0.1, 0.15) is 0 Å². The molecular formula is C19H27NO. The van der Waals surface area contributed by atoms with E-state index < -0.39 is 0 Å². The first kappa shape index (κ1) is 14.8. The van der Waals surface area contributed by atoms with E-state index in [2.05, 4.69) is 57.3 Å². The van der Waals surface area contributed by atoms with Gasteiger partial charge in [-0.3, -0.25) is 0 Å². The largest absolute Gasteiger partial charge is 0.378 e. The number of rotatable bonds is 3. The zero-order chi connectivity index (χ0) is 15.0. The first-order valence-corrected chi connectivity index (χ1v) is 8.24. The predicted molar refractivity (Wildman–Crippen MR) is 88.7 cm³/mol. The Morgan fingerprint density at radius 2 is 1.71 bits per heavy atom. The van der Waals surface area contributed by atoms with Crippen LogP contribution in [0, 0.1) is 0 Å². The number of fused-ring (bicyclic) bond motifs is 2. The van der Waals surface area contributed by atoms with Crippen molar-refractivity contribution in [3.63, 3.8) is 0 Å². The van der Waals surface area contributed by atoms with E-state index in [0.717, 1.165) is 19.6 Å². The summed E-state index contributed by atoms with van der Waals surface area (Å²) in [4.78, 5) is 0. The Kier molecular flexibility index (Phi) is 4.19. The van der Waals surface area contributed by atoms with Crippen LogP contribution in [0.5, 0.6) is 0 Å². The molecule has 2 heteroatoms. The Hall–Kier alpha value is -1.12. The van der Waals surface area contributed by atoms with Crippen LogP contribution in [0.2, 0.25) is 0 Å². The molecule has 114 valence electrons. The minimum absolute atomic E-state index is 0.382. The van der Waals surface area contributed by atoms with Crippen molar-refractivity contribution in [3.05, 3.63) is 41.0 Å². The van der Waals surface area contributed by atoms with E-state index in [-0.39, 0.29) is 0 Å². The van der Waals surface area contributed by atoms with Crippen molar-refractivity contribution in [2.75, 3.05) is 13.2 Å². The number of ether oxygens (including phenoxy) is 1. The van der Waals surface area contributed by atoms with E-state index in [0.29, 0.717) is 23.9 Å². The highest BCUT2D eigenvalue weighted by atomic mass is 16.5. The number of benzene rings is 1. The average molecular weight is 285 g/mol. The van der Waals surface area contributed by atoms with Crippen LogP contribution in [0.1, 0.15) is 62.6 Å². The summed E-state index contributed by atoms with van der Waals surface area (Å²) in [6, 6.07) is 7.69. The van der Waals surface area contributed by atoms with Crippen LogP contribution in [-0.4, -0.2) is 25.3 Å². The quantitative estimate of drug-likeness (QED) is 0.903. The fraction of sp³-hybridized carbons (Fsp3) is 0.579. The minimum Gasteiger partial charge on any atom is -0.378 e. The van der Waals surface area contributed by atoms with Gasteiger partial charge >= 0.3 is 0 Å². The molecule has 0 saturated carbocycles. The van der Waals surface area contributed by atoms with Gasteiger partial charge < -0.3 is 10.1 Å². The molecule has 1 saturated heterocycles. The summed E-state index contributed by atoms with van der Waals surface area (Å²) in [5, 5.41) is 3.65. The Morgan fingerprint density at radius 1 is 1.05 bits per heavy atom. The van der Waals surface area contributed by atoms with Gasteiger partial charge in [0, 0.05) is 12.1 Å². The van der Waals surface area contributed by atoms with Gasteiger partial charge in [0.05, 0.1) is 13.2 Å². The highest BCUT2D eigenvalue weighted by Crippen LogP contribution is 2.37. The lowest BCUT2D eigenvalue weighted by molar-refractivity contribution is 0.0561. The molecule has 1 N–H and O–H groups in total. The van der Waals surface area contributed by atoms with Crippen LogP contribution >= 0.6 is 0 Å². The molecule has 0 radical (unpaired) electrons. The second-order valence-electron chi connectivity index (χ2n) is 7.02. The third-order valence-electron chi connectivity index (χ3n) is 4.63. The third kappa shape index (κ3) is 2.93. The third-order valence-corrected chi connectivity index (χ3v) is 4.63. The normalized spacial score (nSPS) is 25.3. The van der Waals surface area contributed by atoms with E-state index in [1.807, 2.05) is 0 Å². The maximum Gasteiger partial charge on any atom is 0.0656 e. The van der Waals surface area contributed by atoms with Gasteiger partial charge in [-0.1, -0.05) is 52.0 Å². The summed E-state index contributed by atoms with van der Waals surface area (Å²) in [5.41, 5.74) is 6.03. The number of hydrogen-bond acceptors (Lipinski definition) is 2. The molecule has 2 heterocycles. The molecule has 0 aromatic heterocycles. The van der Waals surface area contributed by atoms with E-state index in [1.54, 1.807) is 0 Å². The topological polar surface area (TPSA) is 21.3 Å². The predicted octanol–water partition coefficient (Wildman–Crippen LogP) is 4.08. The van der Waals surface area contributed by atoms with Crippen LogP contribution in [0.25, 0.3) is 5.57 Å². The summed E-state index contributed by atoms with van der Waals surface area (Å²) < 4.78 is 5.67. The van der Waals surface area contributed by atoms with E-state index >= 15 is 0 Å². The lowest BCUT2D eigenvalue weighted by Crippen LogP contribution is -2.50. The molecule has 1 aromatic carbocycles. The van der Waals surface area contributed by atoms with Crippen LogP contribution in [0.15, 0.2) is 24.3 Å². The van der Waals surface area contributed by atoms with E-state index in [1.165, 1.54) is 22.3 Å². The van der Waals surface area contributed by atoms with Crippen molar-refractivity contribution in [2.45, 2.75) is 58.0 Å². The summed E-state index contributed by atoms with van der Waals surface area (Å²) in [7, 11) is 0. The van der Waals surface area contributed by atoms with Gasteiger partial charge in [0.25, 0.3) is 0 Å². The van der Waals surface area contributed by atoms with Gasteiger partial charge in [0.2, 0.25) is 0 Å². The van der Waals surface area contributed by atoms with E-state index in [9.17, 15) is 0 Å². The number of nitrogens with one attached hydrogen (secondary N) is 1. The van der Waals surface area contributed by atoms with Crippen molar-refractivity contribution in [1.29, 1.82) is 0 Å². The fourth-order valence-electron chi connectivity index (χ4n) is 3.63. The standard InChI is InChI=1S/C19H27NO/c1-12(2)17-6-5-7-18(13(3)4)19(17)14-8-15-10-21-11-16(9-14)20-15/h5-8,12-13,15-16,20H,9-11H2,1-4H3. The Labute approximate surface area is 128 Å². The van der Waals surface area contributed by atoms with Crippen LogP contribution in [0.4, 0.5) is 0 Å². The van der Waals surface area contributed by atoms with Crippen LogP contribution < -0.4 is 5.32 Å². The molecule has 21 heavy (non-hydrogen) atoms. The Morgan fingerprint density at radius 3 is 2.29 bits per heavy atom. The first-order valence-electron chi connectivity index (χ1n) is 8.24. The lowest BCUT2D eigenvalue weighted by Gasteiger charge is -2.36. The molecule has 2 aliphatic heterocycles. The molecule has 2 nitrogen and oxygen atoms in total. The monoisotopic (exact) mass is 285 g/mol. The molecule has 2 unspecified atom stereocenters. The molecule has 2 atom stereocenters. The van der Waals surface area contributed by atoms with Gasteiger partial charge in [-0.25, -0.2) is 0 Å². The highest BCUT2D eigenvalue weighted by Gasteiger charge is 2.28. The molecular weight excluding hydrogens is 258 g/mol. The molecule has 0 aliphatic carbocycles. The van der Waals surface area contributed by atoms with Gasteiger partial charge in [0.15, 0.2) is 0 Å². The van der Waals surface area contributed by atoms with Crippen molar-refractivity contribution in [2.24, 2.45) is 0 Å². The molecule has 1 fully saturated rings. The molecule has 0 amide bonds. The molecule has 3 rings (SSSR count). The maximum atomic E-state index is 5.67. The van der Waals surface area contributed by atoms with E-state index in [4.69, 9.17) is 4.74 Å². The second-order valence-corrected chi connectivity index (χ2v) is 7.02. The maximum absolute atomic E-state index is 5.67. The Balaban J connectivity index is 2.09. The zero-order valence-electron chi connectivity index (χ0n) is 13.6. The smallest absolute Gasteiger partial charge is 0.0656 e. The molecule has 0 spiro atoms. The van der Waals surface area contributed by atoms with Crippen LogP contribution in [-0.2, 0) is 4.74 Å². The Bertz CT molecular complexity index is 518. The van der Waals surface area contributed by atoms with Gasteiger partial charge in [-0.2, -0.15) is 0 Å². The van der Waals surface area contributed by atoms with Crippen molar-refractivity contribution in [1.82, 2.24) is 5.32 Å². The van der Waals surface area contributed by atoms with Gasteiger partial charge in [-0.05, 0) is 40.5 Å². The highest BCUT2D eigenvalue weighted by molar-refractivity contribution is 5.74. The fourth-order valence-corrected chi connectivity index (χ4v) is 3.63. The first-order chi connectivity index (χ1) is 10.1. The lowest BCUT2D eigenvalue weighted by atomic mass is 9.81.